The predicted octanol–water partition coefficient (Wildman–Crippen LogP) is 2.79. The topological polar surface area (TPSA) is 87.7 Å². The van der Waals surface area contributed by atoms with Crippen LogP contribution in [-0.4, -0.2) is 21.1 Å². The van der Waals surface area contributed by atoms with Crippen LogP contribution in [0.1, 0.15) is 10.5 Å². The Morgan fingerprint density at radius 2 is 1.78 bits per heavy atom. The number of amides is 1. The third kappa shape index (κ3) is 2.36. The maximum atomic E-state index is 12.5. The largest absolute Gasteiger partial charge is 0.296 e. The zero-order chi connectivity index (χ0) is 15.8. The maximum Gasteiger partial charge on any atom is 0.278 e. The Bertz CT molecular complexity index is 1070. The fourth-order valence-corrected chi connectivity index (χ4v) is 3.23. The van der Waals surface area contributed by atoms with Crippen LogP contribution in [0.5, 0.6) is 0 Å². The molecule has 0 saturated heterocycles. The lowest BCUT2D eigenvalue weighted by Gasteiger charge is -2.04. The van der Waals surface area contributed by atoms with Crippen LogP contribution in [-0.2, 0) is 0 Å². The molecule has 1 amide bonds. The number of aromatic amines is 1. The molecule has 0 aliphatic carbocycles. The van der Waals surface area contributed by atoms with Gasteiger partial charge in [-0.05, 0) is 18.2 Å². The fourth-order valence-electron chi connectivity index (χ4n) is 2.37. The van der Waals surface area contributed by atoms with Crippen LogP contribution < -0.4 is 10.9 Å². The summed E-state index contributed by atoms with van der Waals surface area (Å²) in [6.07, 6.45) is 0. The van der Waals surface area contributed by atoms with Gasteiger partial charge in [-0.25, -0.2) is 10.1 Å². The summed E-state index contributed by atoms with van der Waals surface area (Å²) in [5.74, 6) is -0.406. The molecule has 4 aromatic rings. The number of rotatable bonds is 2. The van der Waals surface area contributed by atoms with Gasteiger partial charge in [0, 0.05) is 5.39 Å². The van der Waals surface area contributed by atoms with Crippen molar-refractivity contribution in [3.8, 4) is 0 Å². The van der Waals surface area contributed by atoms with Gasteiger partial charge in [0.15, 0.2) is 10.8 Å². The van der Waals surface area contributed by atoms with Crippen LogP contribution in [0, 0.1) is 0 Å². The molecule has 0 aliphatic rings. The smallest absolute Gasteiger partial charge is 0.278 e. The number of hydrogen-bond donors (Lipinski definition) is 2. The first kappa shape index (κ1) is 13.6. The van der Waals surface area contributed by atoms with E-state index >= 15 is 0 Å². The number of carbonyl (C=O) groups excluding carboxylic acids is 1. The van der Waals surface area contributed by atoms with Crippen molar-refractivity contribution in [2.75, 3.05) is 5.32 Å². The highest BCUT2D eigenvalue weighted by Gasteiger charge is 2.15. The Hall–Kier alpha value is -3.06. The molecule has 7 heteroatoms. The molecule has 0 aliphatic heterocycles. The molecular weight excluding hydrogens is 312 g/mol. The summed E-state index contributed by atoms with van der Waals surface area (Å²) in [4.78, 5) is 28.6. The molecule has 2 heterocycles. The van der Waals surface area contributed by atoms with Crippen molar-refractivity contribution < 1.29 is 4.79 Å². The van der Waals surface area contributed by atoms with Crippen molar-refractivity contribution in [3.63, 3.8) is 0 Å². The highest BCUT2D eigenvalue weighted by molar-refractivity contribution is 7.22. The second-order valence-electron chi connectivity index (χ2n) is 4.89. The van der Waals surface area contributed by atoms with Crippen LogP contribution in [0.25, 0.3) is 21.0 Å². The molecule has 0 fully saturated rings. The van der Waals surface area contributed by atoms with E-state index in [9.17, 15) is 9.59 Å². The number of carbonyl (C=O) groups is 1. The summed E-state index contributed by atoms with van der Waals surface area (Å²) in [7, 11) is 0. The summed E-state index contributed by atoms with van der Waals surface area (Å²) in [6, 6.07) is 14.5. The number of para-hydroxylation sites is 1. The highest BCUT2D eigenvalue weighted by atomic mass is 32.1. The van der Waals surface area contributed by atoms with E-state index in [1.54, 1.807) is 24.3 Å². The zero-order valence-electron chi connectivity index (χ0n) is 11.7. The second kappa shape index (κ2) is 5.29. The van der Waals surface area contributed by atoms with Crippen LogP contribution in [0.15, 0.2) is 53.3 Å². The van der Waals surface area contributed by atoms with Gasteiger partial charge in [0.1, 0.15) is 0 Å². The Balaban J connectivity index is 1.75. The molecule has 112 valence electrons. The number of thiazole rings is 1. The van der Waals surface area contributed by atoms with Gasteiger partial charge in [-0.1, -0.05) is 41.7 Å². The van der Waals surface area contributed by atoms with Crippen molar-refractivity contribution >= 4 is 43.4 Å². The number of anilines is 1. The van der Waals surface area contributed by atoms with Crippen molar-refractivity contribution in [2.45, 2.75) is 0 Å². The van der Waals surface area contributed by atoms with Crippen LogP contribution in [0.4, 0.5) is 5.13 Å². The van der Waals surface area contributed by atoms with E-state index in [0.717, 1.165) is 10.2 Å². The van der Waals surface area contributed by atoms with Crippen molar-refractivity contribution in [1.29, 1.82) is 0 Å². The number of benzene rings is 2. The molecule has 4 rings (SSSR count). The van der Waals surface area contributed by atoms with Gasteiger partial charge in [0.25, 0.3) is 11.5 Å². The van der Waals surface area contributed by atoms with E-state index in [1.807, 2.05) is 24.3 Å². The molecule has 0 unspecified atom stereocenters. The number of fused-ring (bicyclic) bond motifs is 2. The van der Waals surface area contributed by atoms with E-state index in [1.165, 1.54) is 11.3 Å². The summed E-state index contributed by atoms with van der Waals surface area (Å²) < 4.78 is 0.988. The summed E-state index contributed by atoms with van der Waals surface area (Å²) >= 11 is 1.39. The van der Waals surface area contributed by atoms with Crippen LogP contribution in [0.3, 0.4) is 0 Å². The third-order valence-corrected chi connectivity index (χ3v) is 4.38. The quantitative estimate of drug-likeness (QED) is 0.594. The molecule has 0 atom stereocenters. The third-order valence-electron chi connectivity index (χ3n) is 3.43. The van der Waals surface area contributed by atoms with Crippen molar-refractivity contribution in [2.24, 2.45) is 0 Å². The Kier molecular flexibility index (Phi) is 3.13. The molecule has 0 radical (unpaired) electrons. The van der Waals surface area contributed by atoms with Gasteiger partial charge in [-0.2, -0.15) is 5.10 Å². The lowest BCUT2D eigenvalue weighted by Crippen LogP contribution is -2.19. The average Bonchev–Trinajstić information content (AvgIpc) is 2.97. The van der Waals surface area contributed by atoms with Crippen LogP contribution >= 0.6 is 11.3 Å². The van der Waals surface area contributed by atoms with Gasteiger partial charge >= 0.3 is 0 Å². The summed E-state index contributed by atoms with van der Waals surface area (Å²) in [5, 5.41) is 10.4. The maximum absolute atomic E-state index is 12.5. The van der Waals surface area contributed by atoms with Crippen molar-refractivity contribution in [1.82, 2.24) is 15.2 Å². The molecule has 6 nitrogen and oxygen atoms in total. The van der Waals surface area contributed by atoms with E-state index in [4.69, 9.17) is 0 Å². The number of aromatic nitrogens is 3. The first-order valence-corrected chi connectivity index (χ1v) is 7.68. The molecule has 2 aromatic heterocycles. The van der Waals surface area contributed by atoms with E-state index in [2.05, 4.69) is 20.5 Å². The lowest BCUT2D eigenvalue weighted by molar-refractivity contribution is 0.102. The van der Waals surface area contributed by atoms with Gasteiger partial charge in [0.05, 0.1) is 15.6 Å². The highest BCUT2D eigenvalue weighted by Crippen LogP contribution is 2.26. The summed E-state index contributed by atoms with van der Waals surface area (Å²) in [5.41, 5.74) is 0.670. The Labute approximate surface area is 133 Å². The summed E-state index contributed by atoms with van der Waals surface area (Å²) in [6.45, 7) is 0. The standard InChI is InChI=1S/C16H10N4O2S/c21-14-10-6-2-1-5-9(10)13(19-20-14)15(22)18-16-17-11-7-3-4-8-12(11)23-16/h1-8H,(H,20,21)(H,17,18,22). The van der Waals surface area contributed by atoms with Gasteiger partial charge in [-0.3, -0.25) is 14.9 Å². The first-order chi connectivity index (χ1) is 11.2. The van der Waals surface area contributed by atoms with E-state index in [0.29, 0.717) is 15.9 Å². The lowest BCUT2D eigenvalue weighted by atomic mass is 10.1. The first-order valence-electron chi connectivity index (χ1n) is 6.87. The molecule has 2 N–H and O–H groups in total. The van der Waals surface area contributed by atoms with Gasteiger partial charge in [0.2, 0.25) is 0 Å². The molecule has 23 heavy (non-hydrogen) atoms. The Morgan fingerprint density at radius 1 is 1.04 bits per heavy atom. The molecule has 0 saturated carbocycles. The minimum atomic E-state index is -0.406. The monoisotopic (exact) mass is 322 g/mol. The zero-order valence-corrected chi connectivity index (χ0v) is 12.6. The molecule has 2 aromatic carbocycles. The second-order valence-corrected chi connectivity index (χ2v) is 5.92. The SMILES string of the molecule is O=C(Nc1nc2ccccc2s1)c1n[nH]c(=O)c2ccccc12. The van der Waals surface area contributed by atoms with Crippen LogP contribution in [0.2, 0.25) is 0 Å². The Morgan fingerprint density at radius 3 is 2.61 bits per heavy atom. The number of H-pyrrole nitrogens is 1. The number of hydrogen-bond acceptors (Lipinski definition) is 5. The molecular formula is C16H10N4O2S. The van der Waals surface area contributed by atoms with E-state index in [-0.39, 0.29) is 11.3 Å². The average molecular weight is 322 g/mol. The van der Waals surface area contributed by atoms with Gasteiger partial charge in [-0.15, -0.1) is 0 Å². The minimum Gasteiger partial charge on any atom is -0.296 e. The molecule has 0 spiro atoms. The minimum absolute atomic E-state index is 0.166. The fraction of sp³-hybridized carbons (Fsp3) is 0. The predicted molar refractivity (Wildman–Crippen MR) is 89.9 cm³/mol. The number of nitrogens with zero attached hydrogens (tertiary/aromatic N) is 2. The van der Waals surface area contributed by atoms with Crippen molar-refractivity contribution in [3.05, 3.63) is 64.6 Å². The van der Waals surface area contributed by atoms with Gasteiger partial charge < -0.3 is 0 Å². The molecule has 0 bridgehead atoms. The number of nitrogens with one attached hydrogen (secondary N) is 2. The van der Waals surface area contributed by atoms with E-state index < -0.39 is 5.91 Å². The normalized spacial score (nSPS) is 11.0.